The van der Waals surface area contributed by atoms with Crippen molar-refractivity contribution in [2.75, 3.05) is 33.2 Å². The average Bonchev–Trinajstić information content (AvgIpc) is 3.13. The molecule has 2 aromatic heterocycles. The van der Waals surface area contributed by atoms with Crippen molar-refractivity contribution in [2.45, 2.75) is 0 Å². The first kappa shape index (κ1) is 16.5. The molecule has 132 valence electrons. The smallest absolute Gasteiger partial charge is 0.102 e. The molecule has 0 unspecified atom stereocenters. The fourth-order valence-electron chi connectivity index (χ4n) is 3.06. The van der Waals surface area contributed by atoms with Gasteiger partial charge in [-0.1, -0.05) is 18.2 Å². The number of para-hydroxylation sites is 1. The lowest BCUT2D eigenvalue weighted by Gasteiger charge is -2.27. The molecule has 6 heteroatoms. The van der Waals surface area contributed by atoms with Gasteiger partial charge in [0.15, 0.2) is 0 Å². The van der Waals surface area contributed by atoms with Crippen molar-refractivity contribution in [3.63, 3.8) is 0 Å². The Morgan fingerprint density at radius 1 is 1.04 bits per heavy atom. The van der Waals surface area contributed by atoms with Gasteiger partial charge in [0.1, 0.15) is 5.69 Å². The summed E-state index contributed by atoms with van der Waals surface area (Å²) in [5, 5.41) is 11.7. The standard InChI is InChI=1S/C20H22N6/c1-24-11-13-25(14-12-24)22-15-18-16-26(19-5-3-2-4-6-19)23-20(18)17-7-9-21-10-8-17/h2-10,15-16H,11-14H2,1H3/p+1/b22-15-. The van der Waals surface area contributed by atoms with Crippen LogP contribution in [0.15, 0.2) is 66.2 Å². The Hall–Kier alpha value is -2.99. The Labute approximate surface area is 153 Å². The molecule has 1 fully saturated rings. The highest BCUT2D eigenvalue weighted by Gasteiger charge is 2.15. The van der Waals surface area contributed by atoms with E-state index in [0.717, 1.165) is 48.7 Å². The first-order valence-electron chi connectivity index (χ1n) is 8.95. The van der Waals surface area contributed by atoms with Crippen LogP contribution in [0, 0.1) is 0 Å². The van der Waals surface area contributed by atoms with Crippen molar-refractivity contribution < 1.29 is 4.90 Å². The minimum Gasteiger partial charge on any atom is -0.334 e. The zero-order valence-corrected chi connectivity index (χ0v) is 14.9. The van der Waals surface area contributed by atoms with E-state index in [4.69, 9.17) is 10.2 Å². The molecular weight excluding hydrogens is 324 g/mol. The zero-order chi connectivity index (χ0) is 17.8. The number of hydrogen-bond acceptors (Lipinski definition) is 4. The second-order valence-electron chi connectivity index (χ2n) is 6.60. The van der Waals surface area contributed by atoms with E-state index < -0.39 is 0 Å². The Balaban J connectivity index is 1.67. The van der Waals surface area contributed by atoms with Crippen LogP contribution in [0.4, 0.5) is 0 Å². The van der Waals surface area contributed by atoms with E-state index in [0.29, 0.717) is 0 Å². The summed E-state index contributed by atoms with van der Waals surface area (Å²) in [5.74, 6) is 0. The summed E-state index contributed by atoms with van der Waals surface area (Å²) in [6.07, 6.45) is 7.56. The number of benzene rings is 1. The molecule has 1 N–H and O–H groups in total. The Morgan fingerprint density at radius 2 is 1.77 bits per heavy atom. The third-order valence-electron chi connectivity index (χ3n) is 4.67. The maximum absolute atomic E-state index is 4.80. The Bertz CT molecular complexity index is 864. The van der Waals surface area contributed by atoms with Crippen LogP contribution < -0.4 is 4.90 Å². The molecule has 1 aliphatic rings. The summed E-state index contributed by atoms with van der Waals surface area (Å²) in [4.78, 5) is 5.67. The molecule has 1 aliphatic heterocycles. The molecule has 4 rings (SSSR count). The molecule has 1 saturated heterocycles. The third kappa shape index (κ3) is 3.65. The molecule has 0 aliphatic carbocycles. The molecule has 0 atom stereocenters. The number of hydrazone groups is 1. The van der Waals surface area contributed by atoms with Crippen LogP contribution in [0.1, 0.15) is 5.56 Å². The van der Waals surface area contributed by atoms with E-state index in [1.165, 1.54) is 0 Å². The van der Waals surface area contributed by atoms with Gasteiger partial charge in [-0.2, -0.15) is 10.2 Å². The van der Waals surface area contributed by atoms with Crippen LogP contribution in [0.2, 0.25) is 0 Å². The van der Waals surface area contributed by atoms with Crippen LogP contribution in [-0.2, 0) is 0 Å². The second-order valence-corrected chi connectivity index (χ2v) is 6.60. The lowest BCUT2D eigenvalue weighted by atomic mass is 10.1. The molecular formula is C20H23N6+. The lowest BCUT2D eigenvalue weighted by molar-refractivity contribution is -0.884. The zero-order valence-electron chi connectivity index (χ0n) is 14.9. The fraction of sp³-hybridized carbons (Fsp3) is 0.250. The van der Waals surface area contributed by atoms with Gasteiger partial charge in [0.2, 0.25) is 0 Å². The quantitative estimate of drug-likeness (QED) is 0.719. The highest BCUT2D eigenvalue weighted by atomic mass is 15.5. The van der Waals surface area contributed by atoms with Gasteiger partial charge in [0.25, 0.3) is 0 Å². The van der Waals surface area contributed by atoms with E-state index in [1.807, 2.05) is 59.6 Å². The number of hydrogen-bond donors (Lipinski definition) is 1. The fourth-order valence-corrected chi connectivity index (χ4v) is 3.06. The number of nitrogens with zero attached hydrogens (tertiary/aromatic N) is 5. The van der Waals surface area contributed by atoms with Crippen molar-refractivity contribution in [3.8, 4) is 16.9 Å². The minimum absolute atomic E-state index is 0.916. The topological polar surface area (TPSA) is 50.8 Å². The van der Waals surface area contributed by atoms with Crippen LogP contribution in [-0.4, -0.2) is 59.2 Å². The highest BCUT2D eigenvalue weighted by Crippen LogP contribution is 2.22. The van der Waals surface area contributed by atoms with Gasteiger partial charge in [-0.15, -0.1) is 0 Å². The van der Waals surface area contributed by atoms with Gasteiger partial charge in [-0.3, -0.25) is 9.99 Å². The summed E-state index contributed by atoms with van der Waals surface area (Å²) in [7, 11) is 2.23. The number of nitrogens with one attached hydrogen (secondary N) is 1. The van der Waals surface area contributed by atoms with Crippen molar-refractivity contribution in [3.05, 3.63) is 66.6 Å². The third-order valence-corrected chi connectivity index (χ3v) is 4.67. The normalized spacial score (nSPS) is 15.7. The minimum atomic E-state index is 0.916. The van der Waals surface area contributed by atoms with Crippen LogP contribution >= 0.6 is 0 Å². The second kappa shape index (κ2) is 7.49. The molecule has 26 heavy (non-hydrogen) atoms. The lowest BCUT2D eigenvalue weighted by Crippen LogP contribution is -3.11. The van der Waals surface area contributed by atoms with Gasteiger partial charge >= 0.3 is 0 Å². The van der Waals surface area contributed by atoms with Crippen molar-refractivity contribution in [1.29, 1.82) is 0 Å². The van der Waals surface area contributed by atoms with E-state index in [9.17, 15) is 0 Å². The molecule has 3 aromatic rings. The van der Waals surface area contributed by atoms with Gasteiger partial charge in [0, 0.05) is 29.7 Å². The van der Waals surface area contributed by atoms with Crippen LogP contribution in [0.3, 0.4) is 0 Å². The maximum Gasteiger partial charge on any atom is 0.102 e. The number of piperazine rings is 1. The van der Waals surface area contributed by atoms with Crippen LogP contribution in [0.5, 0.6) is 0 Å². The number of pyridine rings is 1. The van der Waals surface area contributed by atoms with Gasteiger partial charge in [-0.05, 0) is 24.3 Å². The van der Waals surface area contributed by atoms with E-state index in [-0.39, 0.29) is 0 Å². The van der Waals surface area contributed by atoms with Gasteiger partial charge in [0.05, 0.1) is 45.1 Å². The molecule has 3 heterocycles. The number of quaternary nitrogens is 1. The summed E-state index contributed by atoms with van der Waals surface area (Å²) >= 11 is 0. The summed E-state index contributed by atoms with van der Waals surface area (Å²) in [6.45, 7) is 4.22. The largest absolute Gasteiger partial charge is 0.334 e. The van der Waals surface area contributed by atoms with Crippen molar-refractivity contribution in [2.24, 2.45) is 5.10 Å². The van der Waals surface area contributed by atoms with Gasteiger partial charge < -0.3 is 4.90 Å². The number of aromatic nitrogens is 3. The number of likely N-dealkylation sites (N-methyl/N-ethyl adjacent to an activating group) is 1. The van der Waals surface area contributed by atoms with E-state index in [1.54, 1.807) is 17.3 Å². The van der Waals surface area contributed by atoms with Gasteiger partial charge in [-0.25, -0.2) is 4.68 Å². The first-order valence-corrected chi connectivity index (χ1v) is 8.95. The van der Waals surface area contributed by atoms with Crippen molar-refractivity contribution >= 4 is 6.21 Å². The predicted molar refractivity (Wildman–Crippen MR) is 103 cm³/mol. The SMILES string of the molecule is C[NH+]1CCN(/N=C\c2cn(-c3ccccc3)nc2-c2ccncc2)CC1. The Morgan fingerprint density at radius 3 is 2.50 bits per heavy atom. The molecule has 1 aromatic carbocycles. The number of rotatable bonds is 4. The van der Waals surface area contributed by atoms with Crippen LogP contribution in [0.25, 0.3) is 16.9 Å². The average molecular weight is 347 g/mol. The molecule has 0 radical (unpaired) electrons. The highest BCUT2D eigenvalue weighted by molar-refractivity contribution is 5.88. The summed E-state index contributed by atoms with van der Waals surface area (Å²) in [5.41, 5.74) is 4.00. The maximum atomic E-state index is 4.80. The van der Waals surface area contributed by atoms with Crippen molar-refractivity contribution in [1.82, 2.24) is 19.8 Å². The summed E-state index contributed by atoms with van der Waals surface area (Å²) < 4.78 is 1.91. The molecule has 0 bridgehead atoms. The summed E-state index contributed by atoms with van der Waals surface area (Å²) in [6, 6.07) is 14.1. The molecule has 0 spiro atoms. The molecule has 0 amide bonds. The Kier molecular flexibility index (Phi) is 4.75. The monoisotopic (exact) mass is 347 g/mol. The molecule has 0 saturated carbocycles. The predicted octanol–water partition coefficient (Wildman–Crippen LogP) is 1.10. The molecule has 6 nitrogen and oxygen atoms in total. The van der Waals surface area contributed by atoms with E-state index in [2.05, 4.69) is 17.0 Å². The first-order chi connectivity index (χ1) is 12.8. The van der Waals surface area contributed by atoms with E-state index >= 15 is 0 Å².